The molecule has 5 nitrogen and oxygen atoms in total. The first kappa shape index (κ1) is 13.6. The number of aromatic nitrogens is 2. The van der Waals surface area contributed by atoms with Gasteiger partial charge >= 0.3 is 0 Å². The van der Waals surface area contributed by atoms with Gasteiger partial charge in [0, 0.05) is 17.3 Å². The van der Waals surface area contributed by atoms with Crippen LogP contribution in [0.2, 0.25) is 5.02 Å². The molecule has 1 unspecified atom stereocenters. The van der Waals surface area contributed by atoms with Gasteiger partial charge in [0.2, 0.25) is 0 Å². The third-order valence-electron chi connectivity index (χ3n) is 2.57. The lowest BCUT2D eigenvalue weighted by molar-refractivity contribution is 0.0922. The van der Waals surface area contributed by atoms with Crippen LogP contribution in [0.4, 0.5) is 0 Å². The van der Waals surface area contributed by atoms with E-state index in [4.69, 9.17) is 16.7 Å². The average Bonchev–Trinajstić information content (AvgIpc) is 2.88. The first-order valence-corrected chi connectivity index (χ1v) is 6.20. The quantitative estimate of drug-likeness (QED) is 0.894. The Labute approximate surface area is 115 Å². The molecular weight excluding hydrogens is 266 g/mol. The van der Waals surface area contributed by atoms with Gasteiger partial charge in [0.05, 0.1) is 24.1 Å². The van der Waals surface area contributed by atoms with E-state index in [-0.39, 0.29) is 18.6 Å². The summed E-state index contributed by atoms with van der Waals surface area (Å²) in [5.41, 5.74) is 1.21. The van der Waals surface area contributed by atoms with Gasteiger partial charge < -0.3 is 10.4 Å². The zero-order valence-electron chi connectivity index (χ0n) is 10.4. The lowest BCUT2D eigenvalue weighted by Crippen LogP contribution is -2.34. The first-order valence-electron chi connectivity index (χ1n) is 5.82. The van der Waals surface area contributed by atoms with Gasteiger partial charge in [0.15, 0.2) is 0 Å². The van der Waals surface area contributed by atoms with Crippen LogP contribution >= 0.6 is 11.6 Å². The Bertz CT molecular complexity index is 583. The minimum atomic E-state index is -0.290. The predicted octanol–water partition coefficient (Wildman–Crippen LogP) is 1.64. The highest BCUT2D eigenvalue weighted by atomic mass is 35.5. The average molecular weight is 280 g/mol. The van der Waals surface area contributed by atoms with Crippen LogP contribution in [0.25, 0.3) is 5.69 Å². The van der Waals surface area contributed by atoms with Crippen LogP contribution in [0.1, 0.15) is 17.3 Å². The maximum absolute atomic E-state index is 11.8. The number of nitrogens with zero attached hydrogens (tertiary/aromatic N) is 2. The van der Waals surface area contributed by atoms with Crippen LogP contribution < -0.4 is 5.32 Å². The highest BCUT2D eigenvalue weighted by Crippen LogP contribution is 2.14. The Morgan fingerprint density at radius 2 is 2.37 bits per heavy atom. The molecule has 19 heavy (non-hydrogen) atoms. The van der Waals surface area contributed by atoms with Crippen LogP contribution in [0.3, 0.4) is 0 Å². The number of rotatable bonds is 4. The van der Waals surface area contributed by atoms with E-state index in [2.05, 4.69) is 10.4 Å². The molecule has 100 valence electrons. The molecule has 1 amide bonds. The van der Waals surface area contributed by atoms with E-state index in [9.17, 15) is 4.79 Å². The summed E-state index contributed by atoms with van der Waals surface area (Å²) >= 11 is 5.90. The fraction of sp³-hybridized carbons (Fsp3) is 0.231. The molecule has 2 N–H and O–H groups in total. The predicted molar refractivity (Wildman–Crippen MR) is 72.6 cm³/mol. The van der Waals surface area contributed by atoms with Gasteiger partial charge in [0.1, 0.15) is 0 Å². The number of carbonyl (C=O) groups excluding carboxylic acids is 1. The second kappa shape index (κ2) is 5.86. The molecule has 1 atom stereocenters. The summed E-state index contributed by atoms with van der Waals surface area (Å²) in [6.07, 6.45) is 3.09. The fourth-order valence-corrected chi connectivity index (χ4v) is 1.74. The topological polar surface area (TPSA) is 67.2 Å². The van der Waals surface area contributed by atoms with Crippen molar-refractivity contribution in [2.75, 3.05) is 6.61 Å². The lowest BCUT2D eigenvalue weighted by atomic mass is 10.3. The number of hydrogen-bond donors (Lipinski definition) is 2. The molecule has 2 aromatic rings. The highest BCUT2D eigenvalue weighted by molar-refractivity contribution is 6.30. The summed E-state index contributed by atoms with van der Waals surface area (Å²) < 4.78 is 1.57. The third-order valence-corrected chi connectivity index (χ3v) is 2.80. The number of carbonyl (C=O) groups is 1. The van der Waals surface area contributed by atoms with E-state index < -0.39 is 0 Å². The molecule has 0 bridgehead atoms. The molecule has 0 spiro atoms. The molecule has 0 radical (unpaired) electrons. The summed E-state index contributed by atoms with van der Waals surface area (Å²) in [4.78, 5) is 11.8. The number of benzene rings is 1. The van der Waals surface area contributed by atoms with Gasteiger partial charge in [-0.05, 0) is 25.1 Å². The molecule has 0 aliphatic rings. The smallest absolute Gasteiger partial charge is 0.254 e. The molecule has 0 fully saturated rings. The second-order valence-corrected chi connectivity index (χ2v) is 4.65. The van der Waals surface area contributed by atoms with Gasteiger partial charge in [-0.2, -0.15) is 5.10 Å². The first-order chi connectivity index (χ1) is 9.10. The van der Waals surface area contributed by atoms with Crippen molar-refractivity contribution >= 4 is 17.5 Å². The summed E-state index contributed by atoms with van der Waals surface area (Å²) in [5.74, 6) is -0.269. The molecular formula is C13H14ClN3O2. The van der Waals surface area contributed by atoms with Crippen molar-refractivity contribution in [1.82, 2.24) is 15.1 Å². The molecule has 0 aliphatic heterocycles. The maximum Gasteiger partial charge on any atom is 0.254 e. The lowest BCUT2D eigenvalue weighted by Gasteiger charge is -2.08. The molecule has 0 aliphatic carbocycles. The van der Waals surface area contributed by atoms with E-state index in [1.807, 2.05) is 12.1 Å². The summed E-state index contributed by atoms with van der Waals surface area (Å²) in [7, 11) is 0. The third kappa shape index (κ3) is 3.33. The van der Waals surface area contributed by atoms with Gasteiger partial charge in [-0.3, -0.25) is 4.79 Å². The van der Waals surface area contributed by atoms with Gasteiger partial charge in [-0.15, -0.1) is 0 Å². The normalized spacial score (nSPS) is 12.2. The summed E-state index contributed by atoms with van der Waals surface area (Å²) in [5, 5.41) is 16.3. The zero-order valence-corrected chi connectivity index (χ0v) is 11.1. The van der Waals surface area contributed by atoms with E-state index in [0.717, 1.165) is 5.69 Å². The number of aliphatic hydroxyl groups excluding tert-OH is 1. The number of hydrogen-bond acceptors (Lipinski definition) is 3. The number of halogens is 1. The van der Waals surface area contributed by atoms with Crippen molar-refractivity contribution in [2.45, 2.75) is 13.0 Å². The van der Waals surface area contributed by atoms with Crippen molar-refractivity contribution in [1.29, 1.82) is 0 Å². The zero-order chi connectivity index (χ0) is 13.8. The van der Waals surface area contributed by atoms with Crippen molar-refractivity contribution < 1.29 is 9.90 Å². The Hall–Kier alpha value is -1.85. The monoisotopic (exact) mass is 279 g/mol. The maximum atomic E-state index is 11.8. The van der Waals surface area contributed by atoms with E-state index in [0.29, 0.717) is 10.6 Å². The molecule has 1 heterocycles. The van der Waals surface area contributed by atoms with Crippen molar-refractivity contribution in [2.24, 2.45) is 0 Å². The standard InChI is InChI=1S/C13H14ClN3O2/c1-9(8-18)16-13(19)10-6-15-17(7-10)12-4-2-3-11(14)5-12/h2-7,9,18H,8H2,1H3,(H,16,19). The second-order valence-electron chi connectivity index (χ2n) is 4.21. The van der Waals surface area contributed by atoms with Crippen LogP contribution in [0, 0.1) is 0 Å². The molecule has 1 aromatic heterocycles. The number of nitrogens with one attached hydrogen (secondary N) is 1. The van der Waals surface area contributed by atoms with Crippen molar-refractivity contribution in [3.05, 3.63) is 47.2 Å². The Morgan fingerprint density at radius 3 is 3.05 bits per heavy atom. The molecule has 0 saturated heterocycles. The van der Waals surface area contributed by atoms with Crippen molar-refractivity contribution in [3.8, 4) is 5.69 Å². The molecule has 2 rings (SSSR count). The van der Waals surface area contributed by atoms with E-state index in [1.54, 1.807) is 29.9 Å². The summed E-state index contributed by atoms with van der Waals surface area (Å²) in [6, 6.07) is 6.89. The summed E-state index contributed by atoms with van der Waals surface area (Å²) in [6.45, 7) is 1.62. The SMILES string of the molecule is CC(CO)NC(=O)c1cnn(-c2cccc(Cl)c2)c1. The Morgan fingerprint density at radius 1 is 1.58 bits per heavy atom. The minimum Gasteiger partial charge on any atom is -0.394 e. The number of amides is 1. The van der Waals surface area contributed by atoms with Crippen LogP contribution in [-0.2, 0) is 0 Å². The van der Waals surface area contributed by atoms with Gasteiger partial charge in [-0.1, -0.05) is 17.7 Å². The van der Waals surface area contributed by atoms with Crippen LogP contribution in [0.15, 0.2) is 36.7 Å². The van der Waals surface area contributed by atoms with E-state index >= 15 is 0 Å². The van der Waals surface area contributed by atoms with Crippen LogP contribution in [0.5, 0.6) is 0 Å². The minimum absolute atomic E-state index is 0.103. The van der Waals surface area contributed by atoms with Crippen LogP contribution in [-0.4, -0.2) is 33.4 Å². The largest absolute Gasteiger partial charge is 0.394 e. The van der Waals surface area contributed by atoms with Crippen molar-refractivity contribution in [3.63, 3.8) is 0 Å². The highest BCUT2D eigenvalue weighted by Gasteiger charge is 2.11. The van der Waals surface area contributed by atoms with E-state index in [1.165, 1.54) is 6.20 Å². The fourth-order valence-electron chi connectivity index (χ4n) is 1.55. The molecule has 6 heteroatoms. The van der Waals surface area contributed by atoms with Gasteiger partial charge in [-0.25, -0.2) is 4.68 Å². The molecule has 0 saturated carbocycles. The Balaban J connectivity index is 2.17. The Kier molecular flexibility index (Phi) is 4.19. The molecule has 1 aromatic carbocycles. The number of aliphatic hydroxyl groups is 1. The van der Waals surface area contributed by atoms with Gasteiger partial charge in [0.25, 0.3) is 5.91 Å².